The molecule has 0 saturated heterocycles. The number of benzene rings is 2. The van der Waals surface area contributed by atoms with Crippen LogP contribution in [-0.2, 0) is 10.0 Å². The first kappa shape index (κ1) is 24.7. The Hall–Kier alpha value is -2.93. The second-order valence-corrected chi connectivity index (χ2v) is 9.78. The Bertz CT molecular complexity index is 1340. The highest BCUT2D eigenvalue weighted by Crippen LogP contribution is 2.28. The van der Waals surface area contributed by atoms with Gasteiger partial charge in [-0.25, -0.2) is 27.2 Å². The maximum atomic E-state index is 14.9. The van der Waals surface area contributed by atoms with Gasteiger partial charge < -0.3 is 5.32 Å². The summed E-state index contributed by atoms with van der Waals surface area (Å²) in [4.78, 5) is 7.84. The fourth-order valence-electron chi connectivity index (χ4n) is 2.54. The SMILES string of the molecule is CC(C)CNc1ncc(C#Cc2c(F)ccc(NS(=O)(=O)c3cc(Cl)ccc3Cl)c2F)cn1. The summed E-state index contributed by atoms with van der Waals surface area (Å²) in [6, 6.07) is 5.67. The zero-order chi connectivity index (χ0) is 24.2. The minimum atomic E-state index is -4.31. The summed E-state index contributed by atoms with van der Waals surface area (Å²) < 4.78 is 56.5. The lowest BCUT2D eigenvalue weighted by Crippen LogP contribution is -2.15. The number of nitrogens with zero attached hydrogens (tertiary/aromatic N) is 2. The molecule has 3 aromatic rings. The topological polar surface area (TPSA) is 84.0 Å². The minimum Gasteiger partial charge on any atom is -0.354 e. The molecule has 2 N–H and O–H groups in total. The van der Waals surface area contributed by atoms with Crippen molar-refractivity contribution in [3.05, 3.63) is 75.5 Å². The third-order valence-corrected chi connectivity index (χ3v) is 6.25. The number of rotatable bonds is 6. The van der Waals surface area contributed by atoms with E-state index in [-0.39, 0.29) is 14.9 Å². The van der Waals surface area contributed by atoms with Crippen molar-refractivity contribution in [2.45, 2.75) is 18.7 Å². The Morgan fingerprint density at radius 3 is 2.42 bits per heavy atom. The van der Waals surface area contributed by atoms with Crippen LogP contribution in [0.2, 0.25) is 10.0 Å². The van der Waals surface area contributed by atoms with Crippen LogP contribution in [0.5, 0.6) is 0 Å². The third-order valence-electron chi connectivity index (χ3n) is 4.17. The highest BCUT2D eigenvalue weighted by Gasteiger charge is 2.22. The summed E-state index contributed by atoms with van der Waals surface area (Å²) in [6.07, 6.45) is 2.82. The molecule has 0 fully saturated rings. The zero-order valence-electron chi connectivity index (χ0n) is 17.5. The Balaban J connectivity index is 1.87. The van der Waals surface area contributed by atoms with Crippen molar-refractivity contribution < 1.29 is 17.2 Å². The second kappa shape index (κ2) is 10.3. The molecular weight excluding hydrogens is 493 g/mol. The maximum absolute atomic E-state index is 14.9. The lowest BCUT2D eigenvalue weighted by Gasteiger charge is -2.11. The monoisotopic (exact) mass is 510 g/mol. The highest BCUT2D eigenvalue weighted by molar-refractivity contribution is 7.92. The van der Waals surface area contributed by atoms with E-state index in [0.717, 1.165) is 18.2 Å². The van der Waals surface area contributed by atoms with Crippen LogP contribution in [0.3, 0.4) is 0 Å². The smallest absolute Gasteiger partial charge is 0.263 e. The molecule has 0 amide bonds. The zero-order valence-corrected chi connectivity index (χ0v) is 19.8. The van der Waals surface area contributed by atoms with Gasteiger partial charge in [0.05, 0.1) is 21.8 Å². The molecule has 0 radical (unpaired) electrons. The van der Waals surface area contributed by atoms with Gasteiger partial charge in [-0.2, -0.15) is 0 Å². The van der Waals surface area contributed by atoms with E-state index in [1.54, 1.807) is 0 Å². The summed E-state index contributed by atoms with van der Waals surface area (Å²) in [5.41, 5.74) is -0.795. The molecular formula is C22H18Cl2F2N4O2S. The fourth-order valence-corrected chi connectivity index (χ4v) is 4.37. The molecule has 33 heavy (non-hydrogen) atoms. The summed E-state index contributed by atoms with van der Waals surface area (Å²) in [6.45, 7) is 4.76. The van der Waals surface area contributed by atoms with Crippen molar-refractivity contribution >= 4 is 44.9 Å². The standard InChI is InChI=1S/C22H18Cl2F2N4O2S/c1-13(2)10-27-22-28-11-14(12-29-22)3-5-16-18(25)7-8-19(21(16)26)30-33(31,32)20-9-15(23)4-6-17(20)24/h4,6-9,11-13,30H,10H2,1-2H3,(H,27,28,29). The molecule has 0 spiro atoms. The van der Waals surface area contributed by atoms with Gasteiger partial charge in [0.1, 0.15) is 10.7 Å². The van der Waals surface area contributed by atoms with Gasteiger partial charge in [-0.1, -0.05) is 48.9 Å². The third kappa shape index (κ3) is 6.32. The van der Waals surface area contributed by atoms with Crippen molar-refractivity contribution in [1.29, 1.82) is 0 Å². The Morgan fingerprint density at radius 1 is 1.06 bits per heavy atom. The fraction of sp³-hybridized carbons (Fsp3) is 0.182. The predicted octanol–water partition coefficient (Wildman–Crippen LogP) is 5.33. The molecule has 0 unspecified atom stereocenters. The number of nitrogens with one attached hydrogen (secondary N) is 2. The first-order valence-electron chi connectivity index (χ1n) is 9.60. The van der Waals surface area contributed by atoms with Crippen LogP contribution < -0.4 is 10.0 Å². The van der Waals surface area contributed by atoms with E-state index in [0.29, 0.717) is 24.0 Å². The number of aromatic nitrogens is 2. The molecule has 2 aromatic carbocycles. The van der Waals surface area contributed by atoms with E-state index >= 15 is 0 Å². The van der Waals surface area contributed by atoms with Crippen LogP contribution in [0.1, 0.15) is 25.0 Å². The van der Waals surface area contributed by atoms with Crippen LogP contribution in [0.25, 0.3) is 0 Å². The number of sulfonamides is 1. The molecule has 172 valence electrons. The second-order valence-electron chi connectivity index (χ2n) is 7.28. The van der Waals surface area contributed by atoms with Crippen LogP contribution >= 0.6 is 23.2 Å². The van der Waals surface area contributed by atoms with Gasteiger partial charge in [0, 0.05) is 24.0 Å². The van der Waals surface area contributed by atoms with Crippen LogP contribution in [0, 0.1) is 29.4 Å². The summed E-state index contributed by atoms with van der Waals surface area (Å²) in [5, 5.41) is 3.05. The molecule has 0 atom stereocenters. The number of halogens is 4. The number of anilines is 2. The Morgan fingerprint density at radius 2 is 1.76 bits per heavy atom. The first-order chi connectivity index (χ1) is 15.6. The number of hydrogen-bond acceptors (Lipinski definition) is 5. The van der Waals surface area contributed by atoms with Crippen LogP contribution in [-0.4, -0.2) is 24.9 Å². The molecule has 1 heterocycles. The molecule has 0 aliphatic rings. The first-order valence-corrected chi connectivity index (χ1v) is 11.8. The van der Waals surface area contributed by atoms with E-state index in [2.05, 4.69) is 31.8 Å². The minimum absolute atomic E-state index is 0.110. The van der Waals surface area contributed by atoms with Gasteiger partial charge in [-0.15, -0.1) is 0 Å². The quantitative estimate of drug-likeness (QED) is 0.437. The van der Waals surface area contributed by atoms with Gasteiger partial charge in [0.2, 0.25) is 5.95 Å². The van der Waals surface area contributed by atoms with E-state index < -0.39 is 32.9 Å². The Kier molecular flexibility index (Phi) is 7.74. The van der Waals surface area contributed by atoms with Crippen molar-refractivity contribution in [2.75, 3.05) is 16.6 Å². The van der Waals surface area contributed by atoms with Crippen molar-refractivity contribution in [2.24, 2.45) is 5.92 Å². The van der Waals surface area contributed by atoms with Gasteiger partial charge in [-0.3, -0.25) is 4.72 Å². The summed E-state index contributed by atoms with van der Waals surface area (Å²) >= 11 is 11.8. The van der Waals surface area contributed by atoms with Crippen molar-refractivity contribution in [1.82, 2.24) is 9.97 Å². The van der Waals surface area contributed by atoms with Gasteiger partial charge in [-0.05, 0) is 36.2 Å². The van der Waals surface area contributed by atoms with Crippen LogP contribution in [0.15, 0.2) is 47.6 Å². The van der Waals surface area contributed by atoms with Crippen molar-refractivity contribution in [3.63, 3.8) is 0 Å². The molecule has 0 saturated carbocycles. The van der Waals surface area contributed by atoms with Gasteiger partial charge >= 0.3 is 0 Å². The molecule has 0 aliphatic heterocycles. The molecule has 11 heteroatoms. The summed E-state index contributed by atoms with van der Waals surface area (Å²) in [7, 11) is -4.31. The molecule has 0 aliphatic carbocycles. The lowest BCUT2D eigenvalue weighted by molar-refractivity contribution is 0.578. The van der Waals surface area contributed by atoms with E-state index in [1.165, 1.54) is 24.5 Å². The molecule has 6 nitrogen and oxygen atoms in total. The van der Waals surface area contributed by atoms with E-state index in [9.17, 15) is 17.2 Å². The highest BCUT2D eigenvalue weighted by atomic mass is 35.5. The van der Waals surface area contributed by atoms with Crippen molar-refractivity contribution in [3.8, 4) is 11.8 Å². The summed E-state index contributed by atoms with van der Waals surface area (Å²) in [5.74, 6) is 3.61. The Labute approximate surface area is 200 Å². The maximum Gasteiger partial charge on any atom is 0.263 e. The number of hydrogen-bond donors (Lipinski definition) is 2. The predicted molar refractivity (Wildman–Crippen MR) is 125 cm³/mol. The lowest BCUT2D eigenvalue weighted by atomic mass is 10.1. The largest absolute Gasteiger partial charge is 0.354 e. The average Bonchev–Trinajstić information content (AvgIpc) is 2.76. The van der Waals surface area contributed by atoms with E-state index in [4.69, 9.17) is 23.2 Å². The molecule has 0 bridgehead atoms. The average molecular weight is 511 g/mol. The normalized spacial score (nSPS) is 11.1. The van der Waals surface area contributed by atoms with E-state index in [1.807, 2.05) is 13.8 Å². The van der Waals surface area contributed by atoms with Gasteiger partial charge in [0.25, 0.3) is 10.0 Å². The van der Waals surface area contributed by atoms with Crippen LogP contribution in [0.4, 0.5) is 20.4 Å². The molecule has 3 rings (SSSR count). The van der Waals surface area contributed by atoms with Gasteiger partial charge in [0.15, 0.2) is 5.82 Å². The molecule has 1 aromatic heterocycles.